The van der Waals surface area contributed by atoms with E-state index in [1.54, 1.807) is 42.5 Å². The highest BCUT2D eigenvalue weighted by molar-refractivity contribution is 9.11. The number of allylic oxidation sites excluding steroid dienone is 1. The fraction of sp³-hybridized carbons (Fsp3) is 0.0435. The molecular weight excluding hydrogens is 517 g/mol. The number of carbonyl (C=O) groups is 1. The van der Waals surface area contributed by atoms with Gasteiger partial charge in [-0.25, -0.2) is 9.18 Å². The first kappa shape index (κ1) is 21.8. The molecule has 4 nitrogen and oxygen atoms in total. The van der Waals surface area contributed by atoms with Crippen molar-refractivity contribution < 1.29 is 19.0 Å². The van der Waals surface area contributed by atoms with Crippen LogP contribution in [0.25, 0.3) is 11.6 Å². The van der Waals surface area contributed by atoms with Gasteiger partial charge in [0, 0.05) is 0 Å². The van der Waals surface area contributed by atoms with E-state index in [2.05, 4.69) is 37.9 Å². The number of nitriles is 1. The molecule has 3 aromatic carbocycles. The Morgan fingerprint density at radius 3 is 2.27 bits per heavy atom. The molecule has 0 fully saturated rings. The van der Waals surface area contributed by atoms with Crippen molar-refractivity contribution in [1.29, 1.82) is 5.26 Å². The number of hydrogen-bond donors (Lipinski definition) is 1. The maximum Gasteiger partial charge on any atom is 0.335 e. The molecule has 0 aliphatic carbocycles. The van der Waals surface area contributed by atoms with Crippen LogP contribution in [0.2, 0.25) is 0 Å². The van der Waals surface area contributed by atoms with Crippen LogP contribution in [0, 0.1) is 17.1 Å². The van der Waals surface area contributed by atoms with Gasteiger partial charge in [-0.1, -0.05) is 24.3 Å². The zero-order valence-corrected chi connectivity index (χ0v) is 18.6. The van der Waals surface area contributed by atoms with Crippen LogP contribution in [0.5, 0.6) is 5.75 Å². The monoisotopic (exact) mass is 529 g/mol. The topological polar surface area (TPSA) is 70.3 Å². The number of benzene rings is 3. The first-order valence-electron chi connectivity index (χ1n) is 8.69. The minimum atomic E-state index is -1.02. The van der Waals surface area contributed by atoms with Gasteiger partial charge in [-0.3, -0.25) is 0 Å². The normalized spacial score (nSPS) is 11.1. The molecule has 0 aliphatic heterocycles. The molecule has 0 spiro atoms. The van der Waals surface area contributed by atoms with Gasteiger partial charge in [0.05, 0.1) is 26.2 Å². The van der Waals surface area contributed by atoms with Crippen LogP contribution in [0.1, 0.15) is 27.0 Å². The molecule has 0 atom stereocenters. The van der Waals surface area contributed by atoms with Crippen molar-refractivity contribution in [3.05, 3.63) is 97.7 Å². The third-order valence-corrected chi connectivity index (χ3v) is 5.35. The number of halogens is 3. The summed E-state index contributed by atoms with van der Waals surface area (Å²) in [5.41, 5.74) is 2.60. The third-order valence-electron chi connectivity index (χ3n) is 4.17. The van der Waals surface area contributed by atoms with Crippen molar-refractivity contribution in [2.75, 3.05) is 0 Å². The van der Waals surface area contributed by atoms with E-state index in [0.717, 1.165) is 5.56 Å². The van der Waals surface area contributed by atoms with Crippen LogP contribution in [0.15, 0.2) is 69.6 Å². The predicted octanol–water partition coefficient (Wildman–Crippen LogP) is 6.69. The van der Waals surface area contributed by atoms with Crippen molar-refractivity contribution in [1.82, 2.24) is 0 Å². The summed E-state index contributed by atoms with van der Waals surface area (Å²) in [6.07, 6.45) is 1.70. The van der Waals surface area contributed by atoms with Crippen LogP contribution in [-0.4, -0.2) is 11.1 Å². The van der Waals surface area contributed by atoms with E-state index in [4.69, 9.17) is 9.84 Å². The van der Waals surface area contributed by atoms with Crippen molar-refractivity contribution in [3.63, 3.8) is 0 Å². The van der Waals surface area contributed by atoms with E-state index < -0.39 is 5.97 Å². The lowest BCUT2D eigenvalue weighted by atomic mass is 10.0. The van der Waals surface area contributed by atoms with Crippen LogP contribution < -0.4 is 4.74 Å². The molecule has 150 valence electrons. The van der Waals surface area contributed by atoms with E-state index >= 15 is 0 Å². The van der Waals surface area contributed by atoms with Crippen molar-refractivity contribution in [2.24, 2.45) is 0 Å². The summed E-state index contributed by atoms with van der Waals surface area (Å²) in [6.45, 7) is 0.198. The molecule has 0 amide bonds. The molecule has 1 N–H and O–H groups in total. The van der Waals surface area contributed by atoms with Gasteiger partial charge in [-0.2, -0.15) is 5.26 Å². The van der Waals surface area contributed by atoms with Gasteiger partial charge in [-0.05, 0) is 91.0 Å². The smallest absolute Gasteiger partial charge is 0.335 e. The van der Waals surface area contributed by atoms with Gasteiger partial charge in [-0.15, -0.1) is 0 Å². The highest BCUT2D eigenvalue weighted by Crippen LogP contribution is 2.36. The average molecular weight is 531 g/mol. The number of aromatic carboxylic acids is 1. The van der Waals surface area contributed by atoms with E-state index in [1.165, 1.54) is 24.3 Å². The SMILES string of the molecule is N#C/C(=C/c1cc(Br)c(OCc2cccc(F)c2)c(Br)c1)c1ccc(C(=O)O)cc1. The van der Waals surface area contributed by atoms with E-state index in [0.29, 0.717) is 31.4 Å². The Kier molecular flexibility index (Phi) is 7.03. The second kappa shape index (κ2) is 9.70. The minimum Gasteiger partial charge on any atom is -0.487 e. The molecule has 0 aromatic heterocycles. The lowest BCUT2D eigenvalue weighted by molar-refractivity contribution is 0.0697. The fourth-order valence-corrected chi connectivity index (χ4v) is 4.17. The number of nitrogens with zero attached hydrogens (tertiary/aromatic N) is 1. The Balaban J connectivity index is 1.84. The van der Waals surface area contributed by atoms with Gasteiger partial charge < -0.3 is 9.84 Å². The summed E-state index contributed by atoms with van der Waals surface area (Å²) in [7, 11) is 0. The maximum absolute atomic E-state index is 13.3. The van der Waals surface area contributed by atoms with Gasteiger partial charge in [0.1, 0.15) is 18.2 Å². The van der Waals surface area contributed by atoms with Crippen molar-refractivity contribution >= 4 is 49.5 Å². The molecule has 0 saturated heterocycles. The molecule has 0 bridgehead atoms. The van der Waals surface area contributed by atoms with E-state index in [-0.39, 0.29) is 18.0 Å². The first-order chi connectivity index (χ1) is 14.4. The number of ether oxygens (including phenoxy) is 1. The molecule has 3 aromatic rings. The summed E-state index contributed by atoms with van der Waals surface area (Å²) in [5.74, 6) is -0.790. The summed E-state index contributed by atoms with van der Waals surface area (Å²) >= 11 is 6.95. The predicted molar refractivity (Wildman–Crippen MR) is 119 cm³/mol. The molecule has 0 unspecified atom stereocenters. The van der Waals surface area contributed by atoms with E-state index in [1.807, 2.05) is 0 Å². The molecule has 0 radical (unpaired) electrons. The highest BCUT2D eigenvalue weighted by Gasteiger charge is 2.11. The molecular formula is C23H14Br2FNO3. The van der Waals surface area contributed by atoms with Crippen LogP contribution in [0.4, 0.5) is 4.39 Å². The quantitative estimate of drug-likeness (QED) is 0.284. The molecule has 0 aliphatic rings. The maximum atomic E-state index is 13.3. The van der Waals surface area contributed by atoms with Gasteiger partial charge >= 0.3 is 5.97 Å². The number of hydrogen-bond acceptors (Lipinski definition) is 3. The molecule has 7 heteroatoms. The Morgan fingerprint density at radius 2 is 1.70 bits per heavy atom. The van der Waals surface area contributed by atoms with Gasteiger partial charge in [0.15, 0.2) is 0 Å². The molecule has 0 heterocycles. The Bertz CT molecular complexity index is 1140. The Morgan fingerprint density at radius 1 is 1.07 bits per heavy atom. The van der Waals surface area contributed by atoms with Crippen molar-refractivity contribution in [2.45, 2.75) is 6.61 Å². The second-order valence-corrected chi connectivity index (χ2v) is 7.99. The van der Waals surface area contributed by atoms with Crippen LogP contribution in [0.3, 0.4) is 0 Å². The number of rotatable bonds is 6. The fourth-order valence-electron chi connectivity index (χ4n) is 2.72. The summed E-state index contributed by atoms with van der Waals surface area (Å²) in [4.78, 5) is 11.0. The summed E-state index contributed by atoms with van der Waals surface area (Å²) < 4.78 is 20.5. The summed E-state index contributed by atoms with van der Waals surface area (Å²) in [5, 5.41) is 18.5. The first-order valence-corrected chi connectivity index (χ1v) is 10.3. The number of carboxylic acids is 1. The molecule has 0 saturated carbocycles. The Hall–Kier alpha value is -2.95. The largest absolute Gasteiger partial charge is 0.487 e. The van der Waals surface area contributed by atoms with Crippen LogP contribution >= 0.6 is 31.9 Å². The Labute approximate surface area is 189 Å². The number of carboxylic acid groups (broad SMARTS) is 1. The van der Waals surface area contributed by atoms with E-state index in [9.17, 15) is 14.4 Å². The minimum absolute atomic E-state index is 0.154. The second-order valence-electron chi connectivity index (χ2n) is 6.28. The average Bonchev–Trinajstić information content (AvgIpc) is 2.71. The summed E-state index contributed by atoms with van der Waals surface area (Å²) in [6, 6.07) is 18.0. The van der Waals surface area contributed by atoms with Gasteiger partial charge in [0.2, 0.25) is 0 Å². The van der Waals surface area contributed by atoms with Crippen molar-refractivity contribution in [3.8, 4) is 11.8 Å². The standard InChI is InChI=1S/C23H14Br2FNO3/c24-20-10-15(8-18(12-27)16-4-6-17(7-5-16)23(28)29)11-21(25)22(20)30-13-14-2-1-3-19(26)9-14/h1-11H,13H2,(H,28,29)/b18-8-. The van der Waals surface area contributed by atoms with Gasteiger partial charge in [0.25, 0.3) is 0 Å². The van der Waals surface area contributed by atoms with Crippen LogP contribution in [-0.2, 0) is 6.61 Å². The third kappa shape index (κ3) is 5.35. The lowest BCUT2D eigenvalue weighted by Gasteiger charge is -2.12. The zero-order chi connectivity index (χ0) is 21.7. The lowest BCUT2D eigenvalue weighted by Crippen LogP contribution is -1.98. The zero-order valence-electron chi connectivity index (χ0n) is 15.4. The molecule has 3 rings (SSSR count). The molecule has 30 heavy (non-hydrogen) atoms. The highest BCUT2D eigenvalue weighted by atomic mass is 79.9.